The summed E-state index contributed by atoms with van der Waals surface area (Å²) in [6.07, 6.45) is 2.39. The molecule has 0 radical (unpaired) electrons. The van der Waals surface area contributed by atoms with Gasteiger partial charge in [0.15, 0.2) is 5.65 Å². The second-order valence-electron chi connectivity index (χ2n) is 5.64. The molecule has 0 saturated carbocycles. The number of halogens is 1. The summed E-state index contributed by atoms with van der Waals surface area (Å²) in [5.41, 5.74) is 2.96. The highest BCUT2D eigenvalue weighted by atomic mass is 79.9. The monoisotopic (exact) mass is 366 g/mol. The predicted octanol–water partition coefficient (Wildman–Crippen LogP) is 4.04. The average molecular weight is 367 g/mol. The molecule has 3 heterocycles. The summed E-state index contributed by atoms with van der Waals surface area (Å²) in [4.78, 5) is 8.90. The summed E-state index contributed by atoms with van der Waals surface area (Å²) >= 11 is 3.53. The summed E-state index contributed by atoms with van der Waals surface area (Å²) in [7, 11) is 0. The molecule has 5 nitrogen and oxygen atoms in total. The fraction of sp³-hybridized carbons (Fsp3) is 0.118. The van der Waals surface area contributed by atoms with Crippen molar-refractivity contribution in [3.8, 4) is 11.6 Å². The fourth-order valence-electron chi connectivity index (χ4n) is 3.14. The molecule has 0 atom stereocenters. The molecule has 2 aromatic carbocycles. The van der Waals surface area contributed by atoms with Crippen LogP contribution in [0, 0.1) is 6.92 Å². The first-order chi connectivity index (χ1) is 11.2. The number of rotatable bonds is 0. The van der Waals surface area contributed by atoms with E-state index < -0.39 is 0 Å². The van der Waals surface area contributed by atoms with E-state index >= 15 is 0 Å². The second kappa shape index (κ2) is 4.52. The normalized spacial score (nSPS) is 13.0. The first-order valence-electron chi connectivity index (χ1n) is 7.29. The van der Waals surface area contributed by atoms with E-state index in [1.807, 2.05) is 13.0 Å². The van der Waals surface area contributed by atoms with Gasteiger partial charge >= 0.3 is 0 Å². The van der Waals surface area contributed by atoms with Gasteiger partial charge < -0.3 is 4.74 Å². The van der Waals surface area contributed by atoms with Crippen LogP contribution in [0.4, 0.5) is 0 Å². The third-order valence-corrected chi connectivity index (χ3v) is 4.65. The lowest BCUT2D eigenvalue weighted by Gasteiger charge is -2.20. The smallest absolute Gasteiger partial charge is 0.228 e. The van der Waals surface area contributed by atoms with Crippen molar-refractivity contribution in [2.24, 2.45) is 0 Å². The lowest BCUT2D eigenvalue weighted by atomic mass is 9.96. The van der Waals surface area contributed by atoms with Crippen molar-refractivity contribution < 1.29 is 4.74 Å². The van der Waals surface area contributed by atoms with Gasteiger partial charge in [-0.1, -0.05) is 28.1 Å². The molecule has 4 aromatic rings. The van der Waals surface area contributed by atoms with Crippen LogP contribution in [0.25, 0.3) is 16.4 Å². The highest BCUT2D eigenvalue weighted by Crippen LogP contribution is 2.40. The summed E-state index contributed by atoms with van der Waals surface area (Å²) in [6, 6.07) is 10.4. The molecule has 1 aliphatic heterocycles. The minimum Gasteiger partial charge on any atom is -0.438 e. The number of nitrogens with zero attached hydrogens (tertiary/aromatic N) is 4. The Morgan fingerprint density at radius 1 is 1.17 bits per heavy atom. The van der Waals surface area contributed by atoms with E-state index in [4.69, 9.17) is 4.74 Å². The Morgan fingerprint density at radius 2 is 2.09 bits per heavy atom. The molecule has 0 amide bonds. The third kappa shape index (κ3) is 1.88. The van der Waals surface area contributed by atoms with Crippen molar-refractivity contribution in [3.63, 3.8) is 0 Å². The van der Waals surface area contributed by atoms with E-state index in [0.29, 0.717) is 5.88 Å². The standard InChI is InChI=1S/C17H11BrN4O/c1-9-20-16-14-7-13-12-4-3-11(18)6-10(12)2-5-15(13)23-17(14)19-8-22(16)21-9/h2-6,8H,7H2,1H3. The van der Waals surface area contributed by atoms with Crippen molar-refractivity contribution >= 4 is 32.3 Å². The van der Waals surface area contributed by atoms with Crippen molar-refractivity contribution in [1.82, 2.24) is 19.6 Å². The van der Waals surface area contributed by atoms with Gasteiger partial charge in [0.2, 0.25) is 5.88 Å². The van der Waals surface area contributed by atoms with Gasteiger partial charge in [0.1, 0.15) is 17.9 Å². The number of aryl methyl sites for hydroxylation is 1. The van der Waals surface area contributed by atoms with Crippen LogP contribution >= 0.6 is 15.9 Å². The van der Waals surface area contributed by atoms with Crippen LogP contribution in [0.2, 0.25) is 0 Å². The van der Waals surface area contributed by atoms with Crippen molar-refractivity contribution in [3.05, 3.63) is 58.1 Å². The van der Waals surface area contributed by atoms with Crippen LogP contribution in [0.5, 0.6) is 11.6 Å². The number of ether oxygens (including phenoxy) is 1. The van der Waals surface area contributed by atoms with Crippen LogP contribution in [0.1, 0.15) is 17.0 Å². The molecule has 0 N–H and O–H groups in total. The van der Waals surface area contributed by atoms with E-state index in [1.165, 1.54) is 10.8 Å². The molecule has 0 bridgehead atoms. The van der Waals surface area contributed by atoms with Gasteiger partial charge in [0, 0.05) is 16.5 Å². The van der Waals surface area contributed by atoms with Crippen LogP contribution in [-0.2, 0) is 6.42 Å². The Balaban J connectivity index is 1.78. The van der Waals surface area contributed by atoms with Crippen molar-refractivity contribution in [2.45, 2.75) is 13.3 Å². The highest BCUT2D eigenvalue weighted by Gasteiger charge is 2.24. The van der Waals surface area contributed by atoms with E-state index in [2.05, 4.69) is 55.3 Å². The predicted molar refractivity (Wildman–Crippen MR) is 90.0 cm³/mol. The van der Waals surface area contributed by atoms with E-state index in [0.717, 1.165) is 39.2 Å². The minimum absolute atomic E-state index is 0.619. The quantitative estimate of drug-likeness (QED) is 0.415. The fourth-order valence-corrected chi connectivity index (χ4v) is 3.52. The Bertz CT molecular complexity index is 1100. The first kappa shape index (κ1) is 13.0. The van der Waals surface area contributed by atoms with E-state index in [1.54, 1.807) is 10.8 Å². The molecular formula is C17H11BrN4O. The molecule has 5 rings (SSSR count). The summed E-state index contributed by atoms with van der Waals surface area (Å²) in [5, 5.41) is 6.70. The molecule has 0 saturated heterocycles. The zero-order chi connectivity index (χ0) is 15.6. The van der Waals surface area contributed by atoms with Gasteiger partial charge in [0.05, 0.1) is 5.56 Å². The van der Waals surface area contributed by atoms with Gasteiger partial charge in [-0.05, 0) is 35.9 Å². The molecule has 0 aliphatic carbocycles. The van der Waals surface area contributed by atoms with Crippen molar-refractivity contribution in [1.29, 1.82) is 0 Å². The second-order valence-corrected chi connectivity index (χ2v) is 6.56. The Morgan fingerprint density at radius 3 is 3.00 bits per heavy atom. The SMILES string of the molecule is Cc1nc2c3c(ncn2n1)Oc1ccc2cc(Br)ccc2c1C3. The van der Waals surface area contributed by atoms with Gasteiger partial charge in [-0.3, -0.25) is 0 Å². The average Bonchev–Trinajstić information content (AvgIpc) is 2.93. The van der Waals surface area contributed by atoms with Gasteiger partial charge in [0.25, 0.3) is 0 Å². The molecule has 1 aliphatic rings. The maximum atomic E-state index is 6.03. The number of hydrogen-bond donors (Lipinski definition) is 0. The summed E-state index contributed by atoms with van der Waals surface area (Å²) in [5.74, 6) is 2.21. The largest absolute Gasteiger partial charge is 0.438 e. The molecule has 2 aromatic heterocycles. The van der Waals surface area contributed by atoms with Crippen LogP contribution in [0.3, 0.4) is 0 Å². The molecule has 0 spiro atoms. The maximum absolute atomic E-state index is 6.03. The number of aromatic nitrogens is 4. The zero-order valence-corrected chi connectivity index (χ0v) is 13.8. The summed E-state index contributed by atoms with van der Waals surface area (Å²) < 4.78 is 8.81. The third-order valence-electron chi connectivity index (χ3n) is 4.16. The van der Waals surface area contributed by atoms with E-state index in [-0.39, 0.29) is 0 Å². The molecule has 23 heavy (non-hydrogen) atoms. The molecule has 6 heteroatoms. The lowest BCUT2D eigenvalue weighted by molar-refractivity contribution is 0.440. The topological polar surface area (TPSA) is 52.3 Å². The number of benzene rings is 2. The Hall–Kier alpha value is -2.47. The van der Waals surface area contributed by atoms with Crippen LogP contribution in [-0.4, -0.2) is 19.6 Å². The van der Waals surface area contributed by atoms with E-state index in [9.17, 15) is 0 Å². The molecule has 0 fully saturated rings. The lowest BCUT2D eigenvalue weighted by Crippen LogP contribution is -2.08. The molecular weight excluding hydrogens is 356 g/mol. The summed E-state index contributed by atoms with van der Waals surface area (Å²) in [6.45, 7) is 1.88. The van der Waals surface area contributed by atoms with Gasteiger partial charge in [-0.25, -0.2) is 14.5 Å². The molecule has 0 unspecified atom stereocenters. The molecule has 112 valence electrons. The van der Waals surface area contributed by atoms with Gasteiger partial charge in [-0.15, -0.1) is 0 Å². The van der Waals surface area contributed by atoms with Crippen molar-refractivity contribution in [2.75, 3.05) is 0 Å². The van der Waals surface area contributed by atoms with Crippen LogP contribution in [0.15, 0.2) is 41.1 Å². The van der Waals surface area contributed by atoms with Crippen LogP contribution < -0.4 is 4.74 Å². The Kier molecular flexibility index (Phi) is 2.56. The Labute approximate surface area is 140 Å². The highest BCUT2D eigenvalue weighted by molar-refractivity contribution is 9.10. The minimum atomic E-state index is 0.619. The number of fused-ring (bicyclic) bond motifs is 6. The number of hydrogen-bond acceptors (Lipinski definition) is 4. The van der Waals surface area contributed by atoms with Gasteiger partial charge in [-0.2, -0.15) is 5.10 Å². The maximum Gasteiger partial charge on any atom is 0.228 e. The zero-order valence-electron chi connectivity index (χ0n) is 12.2. The first-order valence-corrected chi connectivity index (χ1v) is 8.08.